The van der Waals surface area contributed by atoms with E-state index in [1.807, 2.05) is 18.2 Å². The van der Waals surface area contributed by atoms with Gasteiger partial charge >= 0.3 is 0 Å². The maximum absolute atomic E-state index is 14.1. The van der Waals surface area contributed by atoms with Gasteiger partial charge in [0.1, 0.15) is 5.58 Å². The molecule has 4 heterocycles. The number of carbonyl (C=O) groups excluding carboxylic acids is 2. The van der Waals surface area contributed by atoms with Gasteiger partial charge in [0.2, 0.25) is 12.6 Å². The van der Waals surface area contributed by atoms with Crippen molar-refractivity contribution in [1.82, 2.24) is 4.90 Å². The van der Waals surface area contributed by atoms with Gasteiger partial charge in [0.15, 0.2) is 22.5 Å². The summed E-state index contributed by atoms with van der Waals surface area (Å²) >= 11 is 0. The van der Waals surface area contributed by atoms with E-state index in [4.69, 9.17) is 13.9 Å². The number of hydrogen-bond acceptors (Lipinski definition) is 6. The lowest BCUT2D eigenvalue weighted by Crippen LogP contribution is -2.52. The zero-order chi connectivity index (χ0) is 23.9. The highest BCUT2D eigenvalue weighted by molar-refractivity contribution is 6.16. The second-order valence-corrected chi connectivity index (χ2v) is 8.80. The number of anilines is 1. The van der Waals surface area contributed by atoms with Gasteiger partial charge in [-0.15, -0.1) is 0 Å². The summed E-state index contributed by atoms with van der Waals surface area (Å²) in [5.41, 5.74) is 0.275. The molecule has 3 aliphatic rings. The Morgan fingerprint density at radius 2 is 1.69 bits per heavy atom. The zero-order valence-corrected chi connectivity index (χ0v) is 18.6. The van der Waals surface area contributed by atoms with E-state index in [0.717, 1.165) is 5.56 Å². The smallest absolute Gasteiger partial charge is 0.291 e. The van der Waals surface area contributed by atoms with Crippen LogP contribution in [0.15, 0.2) is 75.9 Å². The molecule has 0 fully saturated rings. The predicted octanol–water partition coefficient (Wildman–Crippen LogP) is 3.40. The summed E-state index contributed by atoms with van der Waals surface area (Å²) in [6.45, 7) is 0.182. The lowest BCUT2D eigenvalue weighted by Gasteiger charge is -2.34. The van der Waals surface area contributed by atoms with Gasteiger partial charge in [-0.3, -0.25) is 14.4 Å². The summed E-state index contributed by atoms with van der Waals surface area (Å²) in [6, 6.07) is 19.4. The van der Waals surface area contributed by atoms with Crippen molar-refractivity contribution in [1.29, 1.82) is 0 Å². The maximum Gasteiger partial charge on any atom is 0.291 e. The van der Waals surface area contributed by atoms with Crippen molar-refractivity contribution < 1.29 is 23.5 Å². The van der Waals surface area contributed by atoms with Crippen molar-refractivity contribution in [2.45, 2.75) is 12.1 Å². The number of nitrogens with zero attached hydrogens (tertiary/aromatic N) is 2. The fraction of sp³-hybridized carbons (Fsp3) is 0.148. The topological polar surface area (TPSA) is 89.3 Å². The zero-order valence-electron chi connectivity index (χ0n) is 18.6. The summed E-state index contributed by atoms with van der Waals surface area (Å²) in [6.07, 6.45) is 0. The molecule has 0 N–H and O–H groups in total. The van der Waals surface area contributed by atoms with E-state index < -0.39 is 11.4 Å². The molecule has 0 bridgehead atoms. The number of para-hydroxylation sites is 2. The summed E-state index contributed by atoms with van der Waals surface area (Å²) in [5.74, 6) is 0.182. The lowest BCUT2D eigenvalue weighted by molar-refractivity contribution is -0.126. The van der Waals surface area contributed by atoms with E-state index in [-0.39, 0.29) is 36.0 Å². The van der Waals surface area contributed by atoms with Gasteiger partial charge in [0, 0.05) is 24.8 Å². The Balaban J connectivity index is 1.52. The first-order valence-corrected chi connectivity index (χ1v) is 11.2. The van der Waals surface area contributed by atoms with E-state index in [1.54, 1.807) is 55.6 Å². The first-order valence-electron chi connectivity index (χ1n) is 11.2. The Bertz CT molecular complexity index is 1660. The van der Waals surface area contributed by atoms with Gasteiger partial charge in [-0.25, -0.2) is 0 Å². The van der Waals surface area contributed by atoms with Crippen molar-refractivity contribution in [3.63, 3.8) is 0 Å². The highest BCUT2D eigenvalue weighted by atomic mass is 16.7. The monoisotopic (exact) mass is 466 g/mol. The number of rotatable bonds is 2. The molecule has 8 heteroatoms. The standard InChI is InChI=1S/C27H18N2O6/c1-28-18-8-4-3-7-17(18)27(26(28)32)22-23(30)16-6-2-5-9-19(16)35-24(22)25(31)29(27)13-15-10-11-20-21(12-15)34-14-33-20/h2-12H,13-14H2,1H3. The third-order valence-corrected chi connectivity index (χ3v) is 7.05. The molecule has 172 valence electrons. The van der Waals surface area contributed by atoms with Gasteiger partial charge in [0.05, 0.1) is 10.9 Å². The molecule has 4 aromatic rings. The molecule has 1 unspecified atom stereocenters. The van der Waals surface area contributed by atoms with Crippen molar-refractivity contribution in [3.8, 4) is 11.5 Å². The molecule has 3 aliphatic heterocycles. The van der Waals surface area contributed by atoms with Crippen molar-refractivity contribution >= 4 is 28.5 Å². The Morgan fingerprint density at radius 3 is 2.57 bits per heavy atom. The lowest BCUT2D eigenvalue weighted by atomic mass is 9.83. The Labute approximate surface area is 198 Å². The third-order valence-electron chi connectivity index (χ3n) is 7.05. The largest absolute Gasteiger partial charge is 0.454 e. The number of benzene rings is 3. The van der Waals surface area contributed by atoms with E-state index in [1.165, 1.54) is 9.80 Å². The van der Waals surface area contributed by atoms with Crippen LogP contribution in [0.3, 0.4) is 0 Å². The summed E-state index contributed by atoms with van der Waals surface area (Å²) < 4.78 is 16.9. The quantitative estimate of drug-likeness (QED) is 0.450. The fourth-order valence-corrected chi connectivity index (χ4v) is 5.49. The molecule has 0 saturated carbocycles. The minimum Gasteiger partial charge on any atom is -0.454 e. The Hall–Kier alpha value is -4.59. The average Bonchev–Trinajstić information content (AvgIpc) is 3.51. The molecule has 2 amide bonds. The molecule has 0 aliphatic carbocycles. The van der Waals surface area contributed by atoms with Crippen LogP contribution in [0.1, 0.15) is 27.2 Å². The van der Waals surface area contributed by atoms with E-state index in [2.05, 4.69) is 0 Å². The fourth-order valence-electron chi connectivity index (χ4n) is 5.49. The number of hydrogen-bond donors (Lipinski definition) is 0. The minimum absolute atomic E-state index is 0.0589. The number of amides is 2. The molecule has 1 spiro atoms. The minimum atomic E-state index is -1.64. The van der Waals surface area contributed by atoms with E-state index in [0.29, 0.717) is 33.7 Å². The van der Waals surface area contributed by atoms with Gasteiger partial charge in [-0.2, -0.15) is 0 Å². The van der Waals surface area contributed by atoms with Crippen molar-refractivity contribution in [3.05, 3.63) is 99.4 Å². The number of ether oxygens (including phenoxy) is 2. The second-order valence-electron chi connectivity index (χ2n) is 8.80. The maximum atomic E-state index is 14.1. The Morgan fingerprint density at radius 1 is 0.914 bits per heavy atom. The Kier molecular flexibility index (Phi) is 3.81. The predicted molar refractivity (Wildman–Crippen MR) is 126 cm³/mol. The second kappa shape index (κ2) is 6.73. The molecule has 3 aromatic carbocycles. The molecule has 1 aromatic heterocycles. The number of likely N-dealkylation sites (N-methyl/N-ethyl adjacent to an activating group) is 1. The highest BCUT2D eigenvalue weighted by Gasteiger charge is 2.64. The van der Waals surface area contributed by atoms with Crippen LogP contribution in [0.2, 0.25) is 0 Å². The summed E-state index contributed by atoms with van der Waals surface area (Å²) in [4.78, 5) is 44.8. The van der Waals surface area contributed by atoms with Crippen molar-refractivity contribution in [2.75, 3.05) is 18.7 Å². The summed E-state index contributed by atoms with van der Waals surface area (Å²) in [5, 5.41) is 0.322. The molecular weight excluding hydrogens is 448 g/mol. The molecule has 35 heavy (non-hydrogen) atoms. The van der Waals surface area contributed by atoms with Crippen LogP contribution in [-0.4, -0.2) is 30.6 Å². The first-order chi connectivity index (χ1) is 17.0. The van der Waals surface area contributed by atoms with Gasteiger partial charge in [-0.1, -0.05) is 36.4 Å². The average molecular weight is 466 g/mol. The van der Waals surface area contributed by atoms with Crippen LogP contribution in [-0.2, 0) is 16.9 Å². The van der Waals surface area contributed by atoms with E-state index in [9.17, 15) is 14.4 Å². The molecular formula is C27H18N2O6. The normalized spacial score (nSPS) is 19.7. The van der Waals surface area contributed by atoms with Crippen LogP contribution >= 0.6 is 0 Å². The van der Waals surface area contributed by atoms with Gasteiger partial charge in [0.25, 0.3) is 11.8 Å². The third kappa shape index (κ3) is 2.38. The van der Waals surface area contributed by atoms with Gasteiger partial charge in [-0.05, 0) is 35.9 Å². The first kappa shape index (κ1) is 19.8. The SMILES string of the molecule is CN1C(=O)C2(c3ccccc31)c1c(oc3ccccc3c1=O)C(=O)N2Cc1ccc2c(c1)OCO2. The molecule has 8 nitrogen and oxygen atoms in total. The number of carbonyl (C=O) groups is 2. The van der Waals surface area contributed by atoms with Crippen LogP contribution in [0.25, 0.3) is 11.0 Å². The molecule has 7 rings (SSSR count). The molecule has 0 saturated heterocycles. The van der Waals surface area contributed by atoms with Crippen LogP contribution < -0.4 is 19.8 Å². The van der Waals surface area contributed by atoms with Crippen LogP contribution in [0, 0.1) is 0 Å². The van der Waals surface area contributed by atoms with Gasteiger partial charge < -0.3 is 23.7 Å². The number of fused-ring (bicyclic) bond motifs is 6. The van der Waals surface area contributed by atoms with E-state index >= 15 is 0 Å². The molecule has 0 radical (unpaired) electrons. The van der Waals surface area contributed by atoms with Crippen LogP contribution in [0.5, 0.6) is 11.5 Å². The summed E-state index contributed by atoms with van der Waals surface area (Å²) in [7, 11) is 1.65. The van der Waals surface area contributed by atoms with Crippen molar-refractivity contribution in [2.24, 2.45) is 0 Å². The van der Waals surface area contributed by atoms with Crippen LogP contribution in [0.4, 0.5) is 5.69 Å². The molecule has 1 atom stereocenters. The highest BCUT2D eigenvalue weighted by Crippen LogP contribution is 2.52.